The SMILES string of the molecule is CN(C)CCN(Cc1ccc(F)cc1)C(=O)CCc1ccc(S(=O)(=O)N2CCCCC2)cc1. The number of carbonyl (C=O) groups excluding carboxylic acids is 1. The second kappa shape index (κ2) is 11.7. The molecule has 8 heteroatoms. The minimum absolute atomic E-state index is 0.0196. The topological polar surface area (TPSA) is 60.9 Å². The summed E-state index contributed by atoms with van der Waals surface area (Å²) < 4.78 is 40.4. The molecule has 1 fully saturated rings. The highest BCUT2D eigenvalue weighted by Crippen LogP contribution is 2.21. The highest BCUT2D eigenvalue weighted by molar-refractivity contribution is 7.89. The van der Waals surface area contributed by atoms with E-state index < -0.39 is 10.0 Å². The average Bonchev–Trinajstić information content (AvgIpc) is 2.82. The first-order valence-electron chi connectivity index (χ1n) is 11.5. The Kier molecular flexibility index (Phi) is 9.00. The van der Waals surface area contributed by atoms with Gasteiger partial charge in [-0.1, -0.05) is 30.7 Å². The molecule has 0 aromatic heterocycles. The molecule has 180 valence electrons. The average molecular weight is 476 g/mol. The Balaban J connectivity index is 1.61. The molecule has 0 saturated carbocycles. The van der Waals surface area contributed by atoms with E-state index in [1.54, 1.807) is 45.6 Å². The number of halogens is 1. The van der Waals surface area contributed by atoms with Crippen molar-refractivity contribution < 1.29 is 17.6 Å². The van der Waals surface area contributed by atoms with Crippen molar-refractivity contribution in [3.63, 3.8) is 0 Å². The van der Waals surface area contributed by atoms with Crippen LogP contribution in [0.25, 0.3) is 0 Å². The maximum atomic E-state index is 13.2. The molecule has 6 nitrogen and oxygen atoms in total. The quantitative estimate of drug-likeness (QED) is 0.528. The fraction of sp³-hybridized carbons (Fsp3) is 0.480. The summed E-state index contributed by atoms with van der Waals surface area (Å²) in [6.45, 7) is 2.90. The number of amides is 1. The van der Waals surface area contributed by atoms with Crippen LogP contribution in [-0.4, -0.2) is 68.7 Å². The molecule has 2 aromatic carbocycles. The first kappa shape index (κ1) is 25.3. The van der Waals surface area contributed by atoms with Crippen molar-refractivity contribution in [2.24, 2.45) is 0 Å². The Hall–Kier alpha value is -2.29. The second-order valence-corrected chi connectivity index (χ2v) is 10.8. The molecule has 1 aliphatic rings. The molecule has 0 bridgehead atoms. The lowest BCUT2D eigenvalue weighted by molar-refractivity contribution is -0.132. The monoisotopic (exact) mass is 475 g/mol. The van der Waals surface area contributed by atoms with Crippen LogP contribution >= 0.6 is 0 Å². The van der Waals surface area contributed by atoms with E-state index >= 15 is 0 Å². The molecule has 0 N–H and O–H groups in total. The third kappa shape index (κ3) is 7.35. The standard InChI is InChI=1S/C25H34FN3O3S/c1-27(2)18-19-28(20-22-6-11-23(26)12-7-22)25(30)15-10-21-8-13-24(14-9-21)33(31,32)29-16-4-3-5-17-29/h6-9,11-14H,3-5,10,15-20H2,1-2H3. The van der Waals surface area contributed by atoms with Gasteiger partial charge in [0.2, 0.25) is 15.9 Å². The maximum Gasteiger partial charge on any atom is 0.243 e. The molecule has 1 heterocycles. The summed E-state index contributed by atoms with van der Waals surface area (Å²) in [7, 11) is 0.467. The van der Waals surface area contributed by atoms with Gasteiger partial charge in [-0.05, 0) is 68.8 Å². The molecule has 0 aliphatic carbocycles. The number of sulfonamides is 1. The molecule has 1 aliphatic heterocycles. The first-order chi connectivity index (χ1) is 15.8. The van der Waals surface area contributed by atoms with Crippen LogP contribution in [0.3, 0.4) is 0 Å². The molecule has 33 heavy (non-hydrogen) atoms. The third-order valence-corrected chi connectivity index (χ3v) is 7.87. The Labute approximate surface area is 197 Å². The molecular weight excluding hydrogens is 441 g/mol. The summed E-state index contributed by atoms with van der Waals surface area (Å²) in [5, 5.41) is 0. The van der Waals surface area contributed by atoms with Crippen LogP contribution in [0.1, 0.15) is 36.8 Å². The normalized spacial score (nSPS) is 15.0. The van der Waals surface area contributed by atoms with Crippen molar-refractivity contribution in [3.05, 3.63) is 65.5 Å². The van der Waals surface area contributed by atoms with Crippen molar-refractivity contribution in [1.82, 2.24) is 14.1 Å². The number of nitrogens with zero attached hydrogens (tertiary/aromatic N) is 3. The predicted molar refractivity (Wildman–Crippen MR) is 128 cm³/mol. The minimum Gasteiger partial charge on any atom is -0.337 e. The summed E-state index contributed by atoms with van der Waals surface area (Å²) in [4.78, 5) is 17.1. The molecule has 0 atom stereocenters. The van der Waals surface area contributed by atoms with E-state index in [0.717, 1.165) is 36.9 Å². The van der Waals surface area contributed by atoms with Gasteiger partial charge in [0.05, 0.1) is 4.90 Å². The van der Waals surface area contributed by atoms with E-state index in [9.17, 15) is 17.6 Å². The number of hydrogen-bond donors (Lipinski definition) is 0. The van der Waals surface area contributed by atoms with E-state index in [1.165, 1.54) is 12.1 Å². The highest BCUT2D eigenvalue weighted by atomic mass is 32.2. The summed E-state index contributed by atoms with van der Waals surface area (Å²) >= 11 is 0. The summed E-state index contributed by atoms with van der Waals surface area (Å²) in [5.74, 6) is -0.276. The van der Waals surface area contributed by atoms with Gasteiger partial charge in [0.25, 0.3) is 0 Å². The van der Waals surface area contributed by atoms with Crippen LogP contribution in [-0.2, 0) is 27.8 Å². The Morgan fingerprint density at radius 3 is 2.12 bits per heavy atom. The van der Waals surface area contributed by atoms with Crippen molar-refractivity contribution in [3.8, 4) is 0 Å². The van der Waals surface area contributed by atoms with Gasteiger partial charge >= 0.3 is 0 Å². The largest absolute Gasteiger partial charge is 0.337 e. The van der Waals surface area contributed by atoms with Gasteiger partial charge < -0.3 is 9.80 Å². The molecular formula is C25H34FN3O3S. The van der Waals surface area contributed by atoms with Crippen molar-refractivity contribution >= 4 is 15.9 Å². The molecule has 0 radical (unpaired) electrons. The zero-order chi connectivity index (χ0) is 23.8. The van der Waals surface area contributed by atoms with E-state index in [-0.39, 0.29) is 11.7 Å². The van der Waals surface area contributed by atoms with Crippen molar-refractivity contribution in [2.45, 2.75) is 43.5 Å². The van der Waals surface area contributed by atoms with Gasteiger partial charge in [0.1, 0.15) is 5.82 Å². The smallest absolute Gasteiger partial charge is 0.243 e. The Bertz CT molecular complexity index is 1000. The van der Waals surface area contributed by atoms with E-state index in [4.69, 9.17) is 0 Å². The van der Waals surface area contributed by atoms with Crippen LogP contribution in [0.15, 0.2) is 53.4 Å². The number of rotatable bonds is 10. The lowest BCUT2D eigenvalue weighted by atomic mass is 10.1. The fourth-order valence-corrected chi connectivity index (χ4v) is 5.43. The summed E-state index contributed by atoms with van der Waals surface area (Å²) in [6, 6.07) is 13.1. The number of piperidine rings is 1. The zero-order valence-corrected chi connectivity index (χ0v) is 20.4. The van der Waals surface area contributed by atoms with Gasteiger partial charge in [-0.25, -0.2) is 12.8 Å². The second-order valence-electron chi connectivity index (χ2n) is 8.85. The van der Waals surface area contributed by atoms with Crippen LogP contribution in [0.4, 0.5) is 4.39 Å². The Morgan fingerprint density at radius 2 is 1.52 bits per heavy atom. The lowest BCUT2D eigenvalue weighted by Gasteiger charge is -2.26. The molecule has 1 saturated heterocycles. The number of benzene rings is 2. The van der Waals surface area contributed by atoms with Crippen molar-refractivity contribution in [1.29, 1.82) is 0 Å². The van der Waals surface area contributed by atoms with Crippen LogP contribution in [0.5, 0.6) is 0 Å². The minimum atomic E-state index is -3.45. The molecule has 3 rings (SSSR count). The molecule has 1 amide bonds. The number of hydrogen-bond acceptors (Lipinski definition) is 4. The van der Waals surface area contributed by atoms with Crippen molar-refractivity contribution in [2.75, 3.05) is 40.3 Å². The number of carbonyl (C=O) groups is 1. The van der Waals surface area contributed by atoms with Crippen LogP contribution in [0, 0.1) is 5.82 Å². The molecule has 0 spiro atoms. The van der Waals surface area contributed by atoms with Gasteiger partial charge in [0, 0.05) is 39.1 Å². The fourth-order valence-electron chi connectivity index (χ4n) is 3.91. The van der Waals surface area contributed by atoms with Gasteiger partial charge in [-0.3, -0.25) is 4.79 Å². The predicted octanol–water partition coefficient (Wildman–Crippen LogP) is 3.52. The summed E-state index contributed by atoms with van der Waals surface area (Å²) in [5.41, 5.74) is 1.81. The number of likely N-dealkylation sites (N-methyl/N-ethyl adjacent to an activating group) is 1. The highest BCUT2D eigenvalue weighted by Gasteiger charge is 2.25. The van der Waals surface area contributed by atoms with E-state index in [1.807, 2.05) is 19.0 Å². The first-order valence-corrected chi connectivity index (χ1v) is 13.0. The maximum absolute atomic E-state index is 13.2. The van der Waals surface area contributed by atoms with Gasteiger partial charge in [-0.2, -0.15) is 4.31 Å². The van der Waals surface area contributed by atoms with E-state index in [0.29, 0.717) is 43.9 Å². The Morgan fingerprint density at radius 1 is 0.909 bits per heavy atom. The zero-order valence-electron chi connectivity index (χ0n) is 19.5. The van der Waals surface area contributed by atoms with Crippen LogP contribution < -0.4 is 0 Å². The summed E-state index contributed by atoms with van der Waals surface area (Å²) in [6.07, 6.45) is 3.74. The lowest BCUT2D eigenvalue weighted by Crippen LogP contribution is -2.36. The van der Waals surface area contributed by atoms with Gasteiger partial charge in [-0.15, -0.1) is 0 Å². The third-order valence-electron chi connectivity index (χ3n) is 5.96. The molecule has 2 aromatic rings. The number of aryl methyl sites for hydroxylation is 1. The molecule has 0 unspecified atom stereocenters. The van der Waals surface area contributed by atoms with E-state index in [2.05, 4.69) is 0 Å². The van der Waals surface area contributed by atoms with Gasteiger partial charge in [0.15, 0.2) is 0 Å². The van der Waals surface area contributed by atoms with Crippen LogP contribution in [0.2, 0.25) is 0 Å².